The summed E-state index contributed by atoms with van der Waals surface area (Å²) in [4.78, 5) is 0.232. The summed E-state index contributed by atoms with van der Waals surface area (Å²) >= 11 is 0. The Balaban J connectivity index is 1.47. The summed E-state index contributed by atoms with van der Waals surface area (Å²) in [6, 6.07) is 24.6. The number of rotatable bonds is 4. The molecule has 1 saturated carbocycles. The first-order valence-corrected chi connectivity index (χ1v) is 12.0. The highest BCUT2D eigenvalue weighted by atomic mass is 32.2. The van der Waals surface area contributed by atoms with Gasteiger partial charge in [-0.15, -0.1) is 0 Å². The summed E-state index contributed by atoms with van der Waals surface area (Å²) in [5.41, 5.74) is 4.90. The largest absolute Gasteiger partial charge is 0.391 e. The average molecular weight is 420 g/mol. The zero-order chi connectivity index (χ0) is 20.7. The first-order valence-electron chi connectivity index (χ1n) is 10.5. The van der Waals surface area contributed by atoms with E-state index in [1.54, 1.807) is 30.3 Å². The van der Waals surface area contributed by atoms with Crippen LogP contribution in [0, 0.1) is 5.92 Å². The Kier molecular flexibility index (Phi) is 4.97. The Morgan fingerprint density at radius 2 is 1.33 bits per heavy atom. The zero-order valence-corrected chi connectivity index (χ0v) is 17.4. The van der Waals surface area contributed by atoms with Crippen molar-refractivity contribution in [1.29, 1.82) is 0 Å². The number of fused-ring (bicyclic) bond motifs is 3. The molecule has 2 N–H and O–H groups in total. The SMILES string of the molecule is O=S(=O)(NC1CCCC(C2c3ccccc3-c3ccccc32)C1O)c1ccccc1. The van der Waals surface area contributed by atoms with Crippen molar-refractivity contribution in [1.82, 2.24) is 4.72 Å². The average Bonchev–Trinajstić information content (AvgIpc) is 3.10. The van der Waals surface area contributed by atoms with E-state index in [0.717, 1.165) is 12.8 Å². The van der Waals surface area contributed by atoms with E-state index in [0.29, 0.717) is 6.42 Å². The van der Waals surface area contributed by atoms with Gasteiger partial charge in [0.15, 0.2) is 0 Å². The van der Waals surface area contributed by atoms with E-state index in [-0.39, 0.29) is 16.7 Å². The molecule has 30 heavy (non-hydrogen) atoms. The van der Waals surface area contributed by atoms with Crippen LogP contribution in [-0.4, -0.2) is 25.7 Å². The second-order valence-electron chi connectivity index (χ2n) is 8.28. The first kappa shape index (κ1) is 19.5. The number of benzene rings is 3. The second-order valence-corrected chi connectivity index (χ2v) is 9.99. The molecule has 5 rings (SSSR count). The Morgan fingerprint density at radius 3 is 1.97 bits per heavy atom. The van der Waals surface area contributed by atoms with Gasteiger partial charge in [-0.1, -0.05) is 73.2 Å². The molecule has 1 fully saturated rings. The summed E-state index contributed by atoms with van der Waals surface area (Å²) < 4.78 is 28.5. The normalized spacial score (nSPS) is 23.7. The third-order valence-corrected chi connectivity index (χ3v) is 8.08. The van der Waals surface area contributed by atoms with Crippen LogP contribution in [0.3, 0.4) is 0 Å². The van der Waals surface area contributed by atoms with E-state index in [1.807, 2.05) is 24.3 Å². The molecule has 5 heteroatoms. The van der Waals surface area contributed by atoms with Gasteiger partial charge in [0.2, 0.25) is 10.0 Å². The van der Waals surface area contributed by atoms with Gasteiger partial charge in [0.05, 0.1) is 11.0 Å². The van der Waals surface area contributed by atoms with Gasteiger partial charge >= 0.3 is 0 Å². The number of nitrogens with one attached hydrogen (secondary N) is 1. The van der Waals surface area contributed by atoms with Crippen molar-refractivity contribution in [3.63, 3.8) is 0 Å². The van der Waals surface area contributed by atoms with Crippen molar-refractivity contribution >= 4 is 10.0 Å². The molecule has 0 aliphatic heterocycles. The van der Waals surface area contributed by atoms with Crippen LogP contribution in [0.25, 0.3) is 11.1 Å². The summed E-state index contributed by atoms with van der Waals surface area (Å²) in [5, 5.41) is 11.3. The minimum absolute atomic E-state index is 0.0352. The Hall–Kier alpha value is -2.47. The number of aliphatic hydroxyl groups excluding tert-OH is 1. The highest BCUT2D eigenvalue weighted by Gasteiger charge is 2.42. The fourth-order valence-electron chi connectivity index (χ4n) is 5.23. The lowest BCUT2D eigenvalue weighted by molar-refractivity contribution is 0.0384. The number of hydrogen-bond acceptors (Lipinski definition) is 3. The lowest BCUT2D eigenvalue weighted by atomic mass is 9.72. The lowest BCUT2D eigenvalue weighted by Crippen LogP contribution is -2.50. The van der Waals surface area contributed by atoms with Crippen LogP contribution in [0.4, 0.5) is 0 Å². The fourth-order valence-corrected chi connectivity index (χ4v) is 6.54. The van der Waals surface area contributed by atoms with Crippen LogP contribution in [0.15, 0.2) is 83.8 Å². The van der Waals surface area contributed by atoms with Gasteiger partial charge in [-0.05, 0) is 53.1 Å². The Morgan fingerprint density at radius 1 is 0.767 bits per heavy atom. The third-order valence-electron chi connectivity index (χ3n) is 6.57. The van der Waals surface area contributed by atoms with Crippen molar-refractivity contribution in [2.75, 3.05) is 0 Å². The van der Waals surface area contributed by atoms with Crippen LogP contribution in [0.1, 0.15) is 36.3 Å². The summed E-state index contributed by atoms with van der Waals surface area (Å²) in [6.07, 6.45) is 1.64. The van der Waals surface area contributed by atoms with Crippen LogP contribution in [0.5, 0.6) is 0 Å². The maximum Gasteiger partial charge on any atom is 0.240 e. The van der Waals surface area contributed by atoms with E-state index in [1.165, 1.54) is 22.3 Å². The van der Waals surface area contributed by atoms with Crippen LogP contribution in [0.2, 0.25) is 0 Å². The molecule has 3 unspecified atom stereocenters. The van der Waals surface area contributed by atoms with E-state index < -0.39 is 22.2 Å². The molecule has 2 aliphatic rings. The van der Waals surface area contributed by atoms with Crippen molar-refractivity contribution in [2.24, 2.45) is 5.92 Å². The van der Waals surface area contributed by atoms with Gasteiger partial charge in [0.25, 0.3) is 0 Å². The first-order chi connectivity index (χ1) is 14.6. The van der Waals surface area contributed by atoms with Crippen molar-refractivity contribution in [3.05, 3.63) is 90.0 Å². The van der Waals surface area contributed by atoms with Crippen molar-refractivity contribution in [2.45, 2.75) is 42.2 Å². The van der Waals surface area contributed by atoms with Gasteiger partial charge < -0.3 is 5.11 Å². The standard InChI is InChI=1S/C25H25NO3S/c27-25-22(15-8-16-23(25)26-30(28,29)17-9-2-1-3-10-17)24-20-13-6-4-11-18(20)19-12-5-7-14-21(19)24/h1-7,9-14,22-27H,8,15-16H2. The summed E-state index contributed by atoms with van der Waals surface area (Å²) in [5.74, 6) is 0.0449. The van der Waals surface area contributed by atoms with E-state index in [2.05, 4.69) is 29.0 Å². The maximum absolute atomic E-state index is 12.8. The lowest BCUT2D eigenvalue weighted by Gasteiger charge is -2.39. The molecule has 0 spiro atoms. The highest BCUT2D eigenvalue weighted by molar-refractivity contribution is 7.89. The van der Waals surface area contributed by atoms with Gasteiger partial charge in [0, 0.05) is 12.0 Å². The topological polar surface area (TPSA) is 66.4 Å². The molecule has 3 aromatic carbocycles. The maximum atomic E-state index is 12.8. The smallest absolute Gasteiger partial charge is 0.240 e. The molecule has 3 atom stereocenters. The number of aliphatic hydroxyl groups is 1. The molecule has 0 heterocycles. The minimum atomic E-state index is -3.67. The number of sulfonamides is 1. The third kappa shape index (κ3) is 3.27. The van der Waals surface area contributed by atoms with Gasteiger partial charge in [-0.25, -0.2) is 13.1 Å². The van der Waals surface area contributed by atoms with Crippen molar-refractivity contribution < 1.29 is 13.5 Å². The van der Waals surface area contributed by atoms with E-state index >= 15 is 0 Å². The van der Waals surface area contributed by atoms with E-state index in [4.69, 9.17) is 0 Å². The summed E-state index contributed by atoms with van der Waals surface area (Å²) in [6.45, 7) is 0. The predicted octanol–water partition coefficient (Wildman–Crippen LogP) is 4.31. The van der Waals surface area contributed by atoms with Crippen molar-refractivity contribution in [3.8, 4) is 11.1 Å². The predicted molar refractivity (Wildman–Crippen MR) is 118 cm³/mol. The number of hydrogen-bond donors (Lipinski definition) is 2. The molecule has 2 aliphatic carbocycles. The molecular weight excluding hydrogens is 394 g/mol. The van der Waals surface area contributed by atoms with Gasteiger partial charge in [-0.2, -0.15) is 0 Å². The van der Waals surface area contributed by atoms with E-state index in [9.17, 15) is 13.5 Å². The minimum Gasteiger partial charge on any atom is -0.391 e. The molecule has 0 radical (unpaired) electrons. The van der Waals surface area contributed by atoms with Crippen LogP contribution < -0.4 is 4.72 Å². The second kappa shape index (κ2) is 7.65. The van der Waals surface area contributed by atoms with Gasteiger partial charge in [-0.3, -0.25) is 0 Å². The van der Waals surface area contributed by atoms with Crippen LogP contribution in [-0.2, 0) is 10.0 Å². The fraction of sp³-hybridized carbons (Fsp3) is 0.280. The van der Waals surface area contributed by atoms with Gasteiger partial charge in [0.1, 0.15) is 0 Å². The summed E-state index contributed by atoms with van der Waals surface area (Å²) in [7, 11) is -3.67. The molecule has 0 aromatic heterocycles. The molecule has 0 amide bonds. The molecule has 3 aromatic rings. The highest BCUT2D eigenvalue weighted by Crippen LogP contribution is 2.51. The quantitative estimate of drug-likeness (QED) is 0.662. The molecule has 0 saturated heterocycles. The van der Waals surface area contributed by atoms with Crippen LogP contribution >= 0.6 is 0 Å². The Labute approximate surface area is 177 Å². The molecule has 154 valence electrons. The molecule has 4 nitrogen and oxygen atoms in total. The Bertz CT molecular complexity index is 1110. The molecule has 0 bridgehead atoms. The monoisotopic (exact) mass is 419 g/mol. The zero-order valence-electron chi connectivity index (χ0n) is 16.6. The molecular formula is C25H25NO3S.